The van der Waals surface area contributed by atoms with Gasteiger partial charge >= 0.3 is 42.3 Å². The number of alkyl halides is 9. The first kappa shape index (κ1) is 20.0. The van der Waals surface area contributed by atoms with Crippen LogP contribution in [0.4, 0.5) is 48.3 Å². The molecule has 0 heterocycles. The fourth-order valence-electron chi connectivity index (χ4n) is 0.552. The summed E-state index contributed by atoms with van der Waals surface area (Å²) in [5, 5.41) is 7.68. The summed E-state index contributed by atoms with van der Waals surface area (Å²) < 4.78 is 137. The van der Waals surface area contributed by atoms with Crippen LogP contribution in [-0.4, -0.2) is 35.4 Å². The van der Waals surface area contributed by atoms with E-state index in [0.29, 0.717) is 0 Å². The largest absolute Gasteiger partial charge is 0.500 e. The van der Waals surface area contributed by atoms with Crippen LogP contribution < -0.4 is 0 Å². The molecular formula is C7HF11O4. The van der Waals surface area contributed by atoms with Crippen molar-refractivity contribution in [3.05, 3.63) is 12.0 Å². The Hall–Kier alpha value is -1.96. The number of hydrogen-bond acceptors (Lipinski definition) is 3. The Bertz CT molecular complexity index is 466. The minimum absolute atomic E-state index is 2.01. The van der Waals surface area contributed by atoms with Gasteiger partial charge in [0, 0.05) is 0 Å². The van der Waals surface area contributed by atoms with Gasteiger partial charge in [-0.25, -0.2) is 4.79 Å². The minimum Gasteiger partial charge on any atom is -0.477 e. The smallest absolute Gasteiger partial charge is 0.477 e. The third-order valence-electron chi connectivity index (χ3n) is 1.55. The van der Waals surface area contributed by atoms with E-state index in [1.54, 1.807) is 0 Å². The number of carboxylic acids is 1. The van der Waals surface area contributed by atoms with Gasteiger partial charge in [0.25, 0.3) is 0 Å². The third-order valence-corrected chi connectivity index (χ3v) is 1.55. The highest BCUT2D eigenvalue weighted by atomic mass is 19.4. The molecule has 0 saturated heterocycles. The Labute approximate surface area is 111 Å². The molecule has 4 nitrogen and oxygen atoms in total. The van der Waals surface area contributed by atoms with E-state index >= 15 is 0 Å². The Morgan fingerprint density at radius 1 is 0.727 bits per heavy atom. The highest BCUT2D eigenvalue weighted by molar-refractivity contribution is 5.76. The maximum Gasteiger partial charge on any atom is 0.500 e. The van der Waals surface area contributed by atoms with Crippen LogP contribution in [0.3, 0.4) is 0 Å². The summed E-state index contributed by atoms with van der Waals surface area (Å²) in [6.07, 6.45) is -19.4. The average Bonchev–Trinajstić information content (AvgIpc) is 2.25. The first-order valence-corrected chi connectivity index (χ1v) is 4.32. The topological polar surface area (TPSA) is 55.8 Å². The lowest BCUT2D eigenvalue weighted by molar-refractivity contribution is -0.387. The van der Waals surface area contributed by atoms with E-state index in [1.165, 1.54) is 0 Å². The molecule has 0 aromatic carbocycles. The Balaban J connectivity index is 5.34. The highest BCUT2D eigenvalue weighted by Crippen LogP contribution is 2.41. The Kier molecular flexibility index (Phi) is 5.17. The van der Waals surface area contributed by atoms with Gasteiger partial charge in [-0.1, -0.05) is 0 Å². The van der Waals surface area contributed by atoms with Crippen LogP contribution in [0.15, 0.2) is 12.0 Å². The lowest BCUT2D eigenvalue weighted by Crippen LogP contribution is -2.48. The van der Waals surface area contributed by atoms with E-state index in [0.717, 1.165) is 0 Å². The molecule has 0 aromatic heterocycles. The lowest BCUT2D eigenvalue weighted by Gasteiger charge is -2.23. The van der Waals surface area contributed by atoms with Crippen molar-refractivity contribution < 1.29 is 67.7 Å². The van der Waals surface area contributed by atoms with Gasteiger partial charge in [0.15, 0.2) is 0 Å². The van der Waals surface area contributed by atoms with Crippen molar-refractivity contribution in [2.75, 3.05) is 0 Å². The van der Waals surface area contributed by atoms with Crippen LogP contribution in [0.25, 0.3) is 0 Å². The zero-order chi connectivity index (χ0) is 18.1. The second-order valence-electron chi connectivity index (χ2n) is 3.16. The SMILES string of the molecule is O=C(O)C(F)(F)C(F)(F)O/C(F)=C(\F)OC(F)(F)C(F)(F)F. The average molecular weight is 358 g/mol. The number of aliphatic carboxylic acids is 1. The number of ether oxygens (including phenoxy) is 2. The molecule has 0 amide bonds. The highest BCUT2D eigenvalue weighted by Gasteiger charge is 2.67. The molecule has 0 spiro atoms. The van der Waals surface area contributed by atoms with Crippen molar-refractivity contribution in [2.24, 2.45) is 0 Å². The first-order chi connectivity index (χ1) is 9.46. The molecule has 22 heavy (non-hydrogen) atoms. The molecule has 0 aliphatic heterocycles. The maximum atomic E-state index is 12.5. The van der Waals surface area contributed by atoms with Crippen molar-refractivity contribution >= 4 is 5.97 Å². The van der Waals surface area contributed by atoms with E-state index in [4.69, 9.17) is 5.11 Å². The summed E-state index contributed by atoms with van der Waals surface area (Å²) in [6, 6.07) is -7.54. The molecule has 1 N–H and O–H groups in total. The van der Waals surface area contributed by atoms with Crippen molar-refractivity contribution in [3.63, 3.8) is 0 Å². The minimum atomic E-state index is -6.61. The van der Waals surface area contributed by atoms with Crippen molar-refractivity contribution in [1.29, 1.82) is 0 Å². The number of carboxylic acid groups (broad SMARTS) is 1. The van der Waals surface area contributed by atoms with Crippen molar-refractivity contribution in [2.45, 2.75) is 24.3 Å². The second-order valence-corrected chi connectivity index (χ2v) is 3.16. The maximum absolute atomic E-state index is 12.5. The number of hydrogen-bond donors (Lipinski definition) is 1. The van der Waals surface area contributed by atoms with Crippen molar-refractivity contribution in [3.8, 4) is 0 Å². The molecule has 0 unspecified atom stereocenters. The molecule has 0 fully saturated rings. The zero-order valence-electron chi connectivity index (χ0n) is 9.33. The van der Waals surface area contributed by atoms with E-state index in [9.17, 15) is 53.1 Å². The van der Waals surface area contributed by atoms with E-state index in [-0.39, 0.29) is 0 Å². The van der Waals surface area contributed by atoms with Gasteiger partial charge in [0.05, 0.1) is 0 Å². The van der Waals surface area contributed by atoms with Gasteiger partial charge in [0.1, 0.15) is 0 Å². The lowest BCUT2D eigenvalue weighted by atomic mass is 10.3. The van der Waals surface area contributed by atoms with E-state index < -0.39 is 42.3 Å². The molecule has 0 saturated carbocycles. The summed E-state index contributed by atoms with van der Waals surface area (Å²) in [7, 11) is 0. The fraction of sp³-hybridized carbons (Fsp3) is 0.571. The van der Waals surface area contributed by atoms with Crippen LogP contribution in [0.1, 0.15) is 0 Å². The molecular weight excluding hydrogens is 357 g/mol. The predicted molar refractivity (Wildman–Crippen MR) is 39.9 cm³/mol. The molecule has 0 aliphatic rings. The van der Waals surface area contributed by atoms with Crippen LogP contribution >= 0.6 is 0 Å². The quantitative estimate of drug-likeness (QED) is 0.583. The number of halogens is 11. The van der Waals surface area contributed by atoms with Crippen molar-refractivity contribution in [1.82, 2.24) is 0 Å². The zero-order valence-corrected chi connectivity index (χ0v) is 9.33. The predicted octanol–water partition coefficient (Wildman–Crippen LogP) is 3.55. The Morgan fingerprint density at radius 3 is 1.32 bits per heavy atom. The Morgan fingerprint density at radius 2 is 1.05 bits per heavy atom. The van der Waals surface area contributed by atoms with Crippen LogP contribution in [-0.2, 0) is 14.3 Å². The van der Waals surface area contributed by atoms with Crippen LogP contribution in [0.5, 0.6) is 0 Å². The van der Waals surface area contributed by atoms with Gasteiger partial charge in [-0.05, 0) is 0 Å². The molecule has 0 aliphatic carbocycles. The summed E-state index contributed by atoms with van der Waals surface area (Å²) in [4.78, 5) is 9.74. The standard InChI is InChI=1S/C7HF11O4/c8-1(2(9)22-7(17,18)5(12,13)14)21-6(15,16)4(10,11)3(19)20/h(H,19,20)/b2-1+. The normalized spacial score (nSPS) is 15.2. The van der Waals surface area contributed by atoms with Crippen LogP contribution in [0, 0.1) is 0 Å². The molecule has 0 rings (SSSR count). The van der Waals surface area contributed by atoms with E-state index in [1.807, 2.05) is 4.74 Å². The van der Waals surface area contributed by atoms with Crippen LogP contribution in [0.2, 0.25) is 0 Å². The second kappa shape index (κ2) is 5.68. The van der Waals surface area contributed by atoms with Gasteiger partial charge in [0.2, 0.25) is 0 Å². The fourth-order valence-corrected chi connectivity index (χ4v) is 0.552. The summed E-state index contributed by atoms with van der Waals surface area (Å²) >= 11 is 0. The molecule has 0 aromatic rings. The molecule has 0 atom stereocenters. The van der Waals surface area contributed by atoms with Gasteiger partial charge in [-0.15, -0.1) is 0 Å². The summed E-state index contributed by atoms with van der Waals surface area (Å²) in [5.74, 6) is -9.76. The monoisotopic (exact) mass is 358 g/mol. The third kappa shape index (κ3) is 4.03. The molecule has 0 bridgehead atoms. The summed E-state index contributed by atoms with van der Waals surface area (Å²) in [5.41, 5.74) is 0. The summed E-state index contributed by atoms with van der Waals surface area (Å²) in [6.45, 7) is 0. The number of rotatable bonds is 6. The van der Waals surface area contributed by atoms with E-state index in [2.05, 4.69) is 4.74 Å². The number of carbonyl (C=O) groups is 1. The van der Waals surface area contributed by atoms with Gasteiger partial charge in [-0.2, -0.15) is 48.3 Å². The molecule has 0 radical (unpaired) electrons. The molecule has 15 heteroatoms. The first-order valence-electron chi connectivity index (χ1n) is 4.32. The molecule has 130 valence electrons. The van der Waals surface area contributed by atoms with Gasteiger partial charge < -0.3 is 14.6 Å². The van der Waals surface area contributed by atoms with Gasteiger partial charge in [-0.3, -0.25) is 0 Å².